The molecule has 3 N–H and O–H groups in total. The maximum Gasteiger partial charge on any atom is 0.272 e. The molecule has 1 aromatic heterocycles. The third kappa shape index (κ3) is 3.21. The zero-order valence-electron chi connectivity index (χ0n) is 11.5. The monoisotopic (exact) mass is 263 g/mol. The topological polar surface area (TPSA) is 74.5 Å². The first-order chi connectivity index (χ1) is 9.11. The largest absolute Gasteiger partial charge is 0.339 e. The Balaban J connectivity index is 1.97. The van der Waals surface area contributed by atoms with Gasteiger partial charge in [0, 0.05) is 19.6 Å². The number of hydrazine groups is 1. The molecule has 0 aliphatic carbocycles. The molecule has 0 bridgehead atoms. The summed E-state index contributed by atoms with van der Waals surface area (Å²) in [6, 6.07) is 3.89. The zero-order valence-corrected chi connectivity index (χ0v) is 11.5. The van der Waals surface area contributed by atoms with Crippen LogP contribution in [0.4, 0.5) is 5.69 Å². The number of likely N-dealkylation sites (tertiary alicyclic amines) is 1. The summed E-state index contributed by atoms with van der Waals surface area (Å²) in [6.07, 6.45) is 3.92. The van der Waals surface area contributed by atoms with Crippen molar-refractivity contribution in [3.05, 3.63) is 24.0 Å². The SMILES string of the molecule is CN(CC1CCCN1C)C(=O)c1ccc(NN)cn1. The molecule has 2 heterocycles. The van der Waals surface area contributed by atoms with Crippen LogP contribution in [0.2, 0.25) is 0 Å². The van der Waals surface area contributed by atoms with Gasteiger partial charge in [-0.1, -0.05) is 0 Å². The van der Waals surface area contributed by atoms with E-state index in [1.165, 1.54) is 6.42 Å². The third-order valence-corrected chi connectivity index (χ3v) is 3.65. The Morgan fingerprint density at radius 3 is 2.95 bits per heavy atom. The molecular formula is C13H21N5O. The second-order valence-electron chi connectivity index (χ2n) is 5.04. The molecule has 1 atom stereocenters. The van der Waals surface area contributed by atoms with Gasteiger partial charge in [-0.05, 0) is 38.6 Å². The number of hydrogen-bond acceptors (Lipinski definition) is 5. The molecule has 0 saturated carbocycles. The van der Waals surface area contributed by atoms with Crippen molar-refractivity contribution in [2.24, 2.45) is 5.84 Å². The van der Waals surface area contributed by atoms with Crippen molar-refractivity contribution in [2.45, 2.75) is 18.9 Å². The smallest absolute Gasteiger partial charge is 0.272 e. The second kappa shape index (κ2) is 5.99. The van der Waals surface area contributed by atoms with Crippen molar-refractivity contribution in [2.75, 3.05) is 32.6 Å². The van der Waals surface area contributed by atoms with E-state index < -0.39 is 0 Å². The molecule has 1 aliphatic rings. The molecule has 1 fully saturated rings. The summed E-state index contributed by atoms with van der Waals surface area (Å²) < 4.78 is 0. The standard InChI is InChI=1S/C13H21N5O/c1-17-7-3-4-11(17)9-18(2)13(19)12-6-5-10(16-14)8-15-12/h5-6,8,11,16H,3-4,7,9,14H2,1-2H3. The Morgan fingerprint density at radius 2 is 2.42 bits per heavy atom. The predicted octanol–water partition coefficient (Wildman–Crippen LogP) is 0.533. The maximum atomic E-state index is 12.2. The Bertz CT molecular complexity index is 433. The molecule has 1 saturated heterocycles. The van der Waals surface area contributed by atoms with Crippen LogP contribution in [0.5, 0.6) is 0 Å². The van der Waals surface area contributed by atoms with E-state index in [-0.39, 0.29) is 5.91 Å². The number of carbonyl (C=O) groups is 1. The molecule has 1 aliphatic heterocycles. The van der Waals surface area contributed by atoms with Crippen LogP contribution in [0.3, 0.4) is 0 Å². The Hall–Kier alpha value is -1.66. The lowest BCUT2D eigenvalue weighted by molar-refractivity contribution is 0.0756. The van der Waals surface area contributed by atoms with E-state index in [2.05, 4.69) is 22.4 Å². The van der Waals surface area contributed by atoms with Crippen LogP contribution in [-0.4, -0.2) is 53.9 Å². The van der Waals surface area contributed by atoms with E-state index in [0.717, 1.165) is 19.5 Å². The number of amides is 1. The van der Waals surface area contributed by atoms with Crippen LogP contribution in [0, 0.1) is 0 Å². The fraction of sp³-hybridized carbons (Fsp3) is 0.538. The van der Waals surface area contributed by atoms with Crippen LogP contribution in [0.25, 0.3) is 0 Å². The number of pyridine rings is 1. The van der Waals surface area contributed by atoms with E-state index in [0.29, 0.717) is 17.4 Å². The minimum atomic E-state index is -0.0520. The minimum absolute atomic E-state index is 0.0520. The van der Waals surface area contributed by atoms with Gasteiger partial charge in [-0.15, -0.1) is 0 Å². The van der Waals surface area contributed by atoms with Gasteiger partial charge in [0.15, 0.2) is 0 Å². The summed E-state index contributed by atoms with van der Waals surface area (Å²) >= 11 is 0. The highest BCUT2D eigenvalue weighted by molar-refractivity contribution is 5.92. The summed E-state index contributed by atoms with van der Waals surface area (Å²) in [7, 11) is 3.93. The number of hydrogen-bond donors (Lipinski definition) is 2. The average molecular weight is 263 g/mol. The first-order valence-electron chi connectivity index (χ1n) is 6.50. The van der Waals surface area contributed by atoms with Crippen LogP contribution >= 0.6 is 0 Å². The first kappa shape index (κ1) is 13.8. The lowest BCUT2D eigenvalue weighted by Crippen LogP contribution is -2.39. The van der Waals surface area contributed by atoms with Crippen molar-refractivity contribution < 1.29 is 4.79 Å². The Kier molecular flexibility index (Phi) is 4.34. The van der Waals surface area contributed by atoms with Crippen molar-refractivity contribution in [3.8, 4) is 0 Å². The number of likely N-dealkylation sites (N-methyl/N-ethyl adjacent to an activating group) is 2. The number of carbonyl (C=O) groups excluding carboxylic acids is 1. The average Bonchev–Trinajstić information content (AvgIpc) is 2.83. The molecule has 104 valence electrons. The van der Waals surface area contributed by atoms with Crippen molar-refractivity contribution in [3.63, 3.8) is 0 Å². The van der Waals surface area contributed by atoms with Crippen LogP contribution in [0.1, 0.15) is 23.3 Å². The molecule has 19 heavy (non-hydrogen) atoms. The molecule has 0 aromatic carbocycles. The molecule has 0 spiro atoms. The van der Waals surface area contributed by atoms with Gasteiger partial charge in [-0.2, -0.15) is 0 Å². The molecule has 6 nitrogen and oxygen atoms in total. The van der Waals surface area contributed by atoms with E-state index in [9.17, 15) is 4.79 Å². The molecule has 1 amide bonds. The van der Waals surface area contributed by atoms with Gasteiger partial charge in [-0.3, -0.25) is 10.6 Å². The number of aromatic nitrogens is 1. The number of nitrogens with one attached hydrogen (secondary N) is 1. The lowest BCUT2D eigenvalue weighted by Gasteiger charge is -2.25. The van der Waals surface area contributed by atoms with Gasteiger partial charge < -0.3 is 15.2 Å². The predicted molar refractivity (Wildman–Crippen MR) is 74.7 cm³/mol. The minimum Gasteiger partial charge on any atom is -0.339 e. The number of nitrogen functional groups attached to an aromatic ring is 1. The fourth-order valence-electron chi connectivity index (χ4n) is 2.41. The molecule has 6 heteroatoms. The first-order valence-corrected chi connectivity index (χ1v) is 6.50. The van der Waals surface area contributed by atoms with Crippen LogP contribution < -0.4 is 11.3 Å². The summed E-state index contributed by atoms with van der Waals surface area (Å²) in [4.78, 5) is 20.4. The summed E-state index contributed by atoms with van der Waals surface area (Å²) in [5, 5.41) is 0. The molecule has 1 aromatic rings. The van der Waals surface area contributed by atoms with Gasteiger partial charge in [0.25, 0.3) is 5.91 Å². The van der Waals surface area contributed by atoms with Gasteiger partial charge in [-0.25, -0.2) is 4.98 Å². The highest BCUT2D eigenvalue weighted by atomic mass is 16.2. The summed E-state index contributed by atoms with van der Waals surface area (Å²) in [6.45, 7) is 1.86. The molecular weight excluding hydrogens is 242 g/mol. The van der Waals surface area contributed by atoms with Crippen LogP contribution in [-0.2, 0) is 0 Å². The third-order valence-electron chi connectivity index (χ3n) is 3.65. The van der Waals surface area contributed by atoms with Gasteiger partial charge in [0.1, 0.15) is 5.69 Å². The Morgan fingerprint density at radius 1 is 1.63 bits per heavy atom. The van der Waals surface area contributed by atoms with E-state index in [1.807, 2.05) is 7.05 Å². The van der Waals surface area contributed by atoms with Crippen molar-refractivity contribution in [1.29, 1.82) is 0 Å². The van der Waals surface area contributed by atoms with Crippen molar-refractivity contribution >= 4 is 11.6 Å². The maximum absolute atomic E-state index is 12.2. The van der Waals surface area contributed by atoms with E-state index in [1.54, 1.807) is 23.2 Å². The normalized spacial score (nSPS) is 19.4. The second-order valence-corrected chi connectivity index (χ2v) is 5.04. The van der Waals surface area contributed by atoms with E-state index in [4.69, 9.17) is 5.84 Å². The van der Waals surface area contributed by atoms with Gasteiger partial charge in [0.2, 0.25) is 0 Å². The fourth-order valence-corrected chi connectivity index (χ4v) is 2.41. The van der Waals surface area contributed by atoms with Gasteiger partial charge >= 0.3 is 0 Å². The quantitative estimate of drug-likeness (QED) is 0.612. The number of nitrogens with two attached hydrogens (primary N) is 1. The molecule has 0 radical (unpaired) electrons. The number of anilines is 1. The lowest BCUT2D eigenvalue weighted by atomic mass is 10.2. The zero-order chi connectivity index (χ0) is 13.8. The molecule has 1 unspecified atom stereocenters. The van der Waals surface area contributed by atoms with Crippen molar-refractivity contribution in [1.82, 2.24) is 14.8 Å². The highest BCUT2D eigenvalue weighted by Crippen LogP contribution is 2.16. The highest BCUT2D eigenvalue weighted by Gasteiger charge is 2.24. The van der Waals surface area contributed by atoms with Crippen LogP contribution in [0.15, 0.2) is 18.3 Å². The summed E-state index contributed by atoms with van der Waals surface area (Å²) in [5.41, 5.74) is 3.63. The van der Waals surface area contributed by atoms with Gasteiger partial charge in [0.05, 0.1) is 11.9 Å². The number of rotatable bonds is 4. The Labute approximate surface area is 113 Å². The summed E-state index contributed by atoms with van der Waals surface area (Å²) in [5.74, 6) is 5.22. The molecule has 2 rings (SSSR count). The number of nitrogens with zero attached hydrogens (tertiary/aromatic N) is 3. The van der Waals surface area contributed by atoms with E-state index >= 15 is 0 Å².